The van der Waals surface area contributed by atoms with Crippen LogP contribution in [0.1, 0.15) is 25.8 Å². The Morgan fingerprint density at radius 2 is 1.85 bits per heavy atom. The van der Waals surface area contributed by atoms with Crippen LogP contribution >= 0.6 is 0 Å². The quantitative estimate of drug-likeness (QED) is 0.878. The number of hydrogen-bond donors (Lipinski definition) is 1. The van der Waals surface area contributed by atoms with Gasteiger partial charge in [0.15, 0.2) is 0 Å². The van der Waals surface area contributed by atoms with Crippen molar-refractivity contribution in [1.82, 2.24) is 0 Å². The predicted molar refractivity (Wildman–Crippen MR) is 83.7 cm³/mol. The summed E-state index contributed by atoms with van der Waals surface area (Å²) in [5.41, 5.74) is 2.18. The molecule has 0 aliphatic heterocycles. The van der Waals surface area contributed by atoms with E-state index in [9.17, 15) is 4.79 Å². The molecule has 2 heteroatoms. The zero-order chi connectivity index (χ0) is 14.3. The van der Waals surface area contributed by atoms with E-state index < -0.39 is 0 Å². The lowest BCUT2D eigenvalue weighted by atomic mass is 10.0. The fraction of sp³-hybridized carbons (Fsp3) is 0.389. The van der Waals surface area contributed by atoms with Crippen LogP contribution in [0.25, 0.3) is 10.8 Å². The van der Waals surface area contributed by atoms with Gasteiger partial charge in [-0.25, -0.2) is 0 Å². The summed E-state index contributed by atoms with van der Waals surface area (Å²) in [5.74, 6) is 1.54. The van der Waals surface area contributed by atoms with E-state index in [4.69, 9.17) is 0 Å². The van der Waals surface area contributed by atoms with E-state index in [1.807, 2.05) is 18.2 Å². The molecule has 20 heavy (non-hydrogen) atoms. The van der Waals surface area contributed by atoms with Gasteiger partial charge in [-0.2, -0.15) is 0 Å². The van der Waals surface area contributed by atoms with Gasteiger partial charge < -0.3 is 5.32 Å². The minimum Gasteiger partial charge on any atom is -0.325 e. The second-order valence-corrected chi connectivity index (χ2v) is 6.21. The van der Waals surface area contributed by atoms with Gasteiger partial charge in [-0.15, -0.1) is 0 Å². The summed E-state index contributed by atoms with van der Waals surface area (Å²) in [7, 11) is 0. The molecule has 2 aromatic rings. The first-order chi connectivity index (χ1) is 9.58. The molecule has 104 valence electrons. The topological polar surface area (TPSA) is 29.1 Å². The molecule has 1 fully saturated rings. The van der Waals surface area contributed by atoms with E-state index >= 15 is 0 Å². The Morgan fingerprint density at radius 3 is 2.55 bits per heavy atom. The van der Waals surface area contributed by atoms with Crippen LogP contribution in [0.4, 0.5) is 5.69 Å². The standard InChI is InChI=1S/C18H21NO/c1-11(2)15-10-16(15)18(20)19-17-9-5-7-13-12(3)6-4-8-14(13)17/h4-9,11,15-16H,10H2,1-3H3,(H,19,20)/t15-,16?/m0/s1. The maximum Gasteiger partial charge on any atom is 0.227 e. The van der Waals surface area contributed by atoms with Crippen molar-refractivity contribution in [2.45, 2.75) is 27.2 Å². The highest BCUT2D eigenvalue weighted by molar-refractivity contribution is 6.04. The predicted octanol–water partition coefficient (Wildman–Crippen LogP) is 4.38. The summed E-state index contributed by atoms with van der Waals surface area (Å²) in [6.07, 6.45) is 1.04. The molecule has 2 atom stereocenters. The number of rotatable bonds is 3. The number of carbonyl (C=O) groups is 1. The first kappa shape index (κ1) is 13.2. The van der Waals surface area contributed by atoms with Gasteiger partial charge in [-0.05, 0) is 42.2 Å². The number of aryl methyl sites for hydroxylation is 1. The molecule has 1 N–H and O–H groups in total. The van der Waals surface area contributed by atoms with Crippen molar-refractivity contribution >= 4 is 22.4 Å². The number of hydrogen-bond acceptors (Lipinski definition) is 1. The first-order valence-corrected chi connectivity index (χ1v) is 7.37. The second kappa shape index (κ2) is 4.93. The first-order valence-electron chi connectivity index (χ1n) is 7.37. The molecule has 0 saturated heterocycles. The van der Waals surface area contributed by atoms with Gasteiger partial charge in [0.1, 0.15) is 0 Å². The SMILES string of the molecule is Cc1cccc2c(NC(=O)C3C[C@H]3C(C)C)cccc12. The van der Waals surface area contributed by atoms with E-state index in [1.165, 1.54) is 10.9 Å². The van der Waals surface area contributed by atoms with Gasteiger partial charge in [-0.1, -0.05) is 44.2 Å². The Balaban J connectivity index is 1.85. The lowest BCUT2D eigenvalue weighted by Crippen LogP contribution is -2.16. The molecule has 1 aliphatic carbocycles. The number of anilines is 1. The van der Waals surface area contributed by atoms with Crippen molar-refractivity contribution in [2.75, 3.05) is 5.32 Å². The Morgan fingerprint density at radius 1 is 1.15 bits per heavy atom. The van der Waals surface area contributed by atoms with Crippen LogP contribution in [0, 0.1) is 24.7 Å². The highest BCUT2D eigenvalue weighted by Crippen LogP contribution is 2.44. The van der Waals surface area contributed by atoms with Crippen molar-refractivity contribution < 1.29 is 4.79 Å². The smallest absolute Gasteiger partial charge is 0.227 e. The third kappa shape index (κ3) is 2.31. The van der Waals surface area contributed by atoms with Crippen LogP contribution < -0.4 is 5.32 Å². The van der Waals surface area contributed by atoms with Crippen LogP contribution in [0.15, 0.2) is 36.4 Å². The van der Waals surface area contributed by atoms with Gasteiger partial charge in [0.25, 0.3) is 0 Å². The van der Waals surface area contributed by atoms with Crippen LogP contribution in [0.2, 0.25) is 0 Å². The van der Waals surface area contributed by atoms with Crippen molar-refractivity contribution in [3.8, 4) is 0 Å². The lowest BCUT2D eigenvalue weighted by molar-refractivity contribution is -0.117. The molecular weight excluding hydrogens is 246 g/mol. The van der Waals surface area contributed by atoms with E-state index in [0.717, 1.165) is 17.5 Å². The second-order valence-electron chi connectivity index (χ2n) is 6.21. The van der Waals surface area contributed by atoms with Crippen LogP contribution in [0.3, 0.4) is 0 Å². The maximum atomic E-state index is 12.3. The highest BCUT2D eigenvalue weighted by Gasteiger charge is 2.44. The fourth-order valence-corrected chi connectivity index (χ4v) is 3.05. The summed E-state index contributed by atoms with van der Waals surface area (Å²) < 4.78 is 0. The number of nitrogens with one attached hydrogen (secondary N) is 1. The largest absolute Gasteiger partial charge is 0.325 e. The summed E-state index contributed by atoms with van der Waals surface area (Å²) >= 11 is 0. The number of carbonyl (C=O) groups excluding carboxylic acids is 1. The Kier molecular flexibility index (Phi) is 3.25. The van der Waals surface area contributed by atoms with Crippen LogP contribution in [-0.2, 0) is 4.79 Å². The third-order valence-electron chi connectivity index (χ3n) is 4.43. The number of fused-ring (bicyclic) bond motifs is 1. The lowest BCUT2D eigenvalue weighted by Gasteiger charge is -2.10. The molecule has 1 aliphatic rings. The van der Waals surface area contributed by atoms with Gasteiger partial charge in [0.2, 0.25) is 5.91 Å². The molecular formula is C18H21NO. The van der Waals surface area contributed by atoms with E-state index in [1.54, 1.807) is 0 Å². The third-order valence-corrected chi connectivity index (χ3v) is 4.43. The molecule has 3 rings (SSSR count). The molecule has 1 amide bonds. The summed E-state index contributed by atoms with van der Waals surface area (Å²) in [4.78, 5) is 12.3. The molecule has 1 saturated carbocycles. The normalized spacial score (nSPS) is 21.2. The molecule has 0 heterocycles. The number of amides is 1. The minimum absolute atomic E-state index is 0.178. The van der Waals surface area contributed by atoms with Gasteiger partial charge in [0.05, 0.1) is 0 Å². The molecule has 0 aromatic heterocycles. The molecule has 0 bridgehead atoms. The Bertz CT molecular complexity index is 660. The summed E-state index contributed by atoms with van der Waals surface area (Å²) in [6.45, 7) is 6.49. The van der Waals surface area contributed by atoms with Crippen molar-refractivity contribution in [3.63, 3.8) is 0 Å². The molecule has 2 aromatic carbocycles. The number of benzene rings is 2. The maximum absolute atomic E-state index is 12.3. The van der Waals surface area contributed by atoms with Gasteiger partial charge in [0, 0.05) is 17.0 Å². The summed E-state index contributed by atoms with van der Waals surface area (Å²) in [5, 5.41) is 5.46. The monoisotopic (exact) mass is 267 g/mol. The van der Waals surface area contributed by atoms with E-state index in [0.29, 0.717) is 11.8 Å². The Hall–Kier alpha value is -1.83. The Labute approximate surface area is 120 Å². The fourth-order valence-electron chi connectivity index (χ4n) is 3.05. The van der Waals surface area contributed by atoms with E-state index in [2.05, 4.69) is 44.3 Å². The van der Waals surface area contributed by atoms with Crippen molar-refractivity contribution in [1.29, 1.82) is 0 Å². The minimum atomic E-state index is 0.178. The van der Waals surface area contributed by atoms with Crippen molar-refractivity contribution in [3.05, 3.63) is 42.0 Å². The van der Waals surface area contributed by atoms with Crippen LogP contribution in [0.5, 0.6) is 0 Å². The molecule has 0 radical (unpaired) electrons. The zero-order valence-corrected chi connectivity index (χ0v) is 12.3. The highest BCUT2D eigenvalue weighted by atomic mass is 16.2. The van der Waals surface area contributed by atoms with E-state index in [-0.39, 0.29) is 11.8 Å². The van der Waals surface area contributed by atoms with Crippen molar-refractivity contribution in [2.24, 2.45) is 17.8 Å². The summed E-state index contributed by atoms with van der Waals surface area (Å²) in [6, 6.07) is 12.3. The molecule has 0 spiro atoms. The van der Waals surface area contributed by atoms with Gasteiger partial charge >= 0.3 is 0 Å². The van der Waals surface area contributed by atoms with Crippen LogP contribution in [-0.4, -0.2) is 5.91 Å². The average Bonchev–Trinajstić information content (AvgIpc) is 3.20. The zero-order valence-electron chi connectivity index (χ0n) is 12.3. The molecule has 2 nitrogen and oxygen atoms in total. The molecule has 1 unspecified atom stereocenters. The average molecular weight is 267 g/mol. The van der Waals surface area contributed by atoms with Gasteiger partial charge in [-0.3, -0.25) is 4.79 Å².